The highest BCUT2D eigenvalue weighted by molar-refractivity contribution is 6.01. The number of carbonyl (C=O) groups excluding carboxylic acids is 1. The summed E-state index contributed by atoms with van der Waals surface area (Å²) in [6, 6.07) is 13.6. The summed E-state index contributed by atoms with van der Waals surface area (Å²) in [5.41, 5.74) is 2.77. The van der Waals surface area contributed by atoms with E-state index in [-0.39, 0.29) is 5.91 Å². The maximum atomic E-state index is 12.0. The smallest absolute Gasteiger partial charge is 0.248 e. The minimum absolute atomic E-state index is 0.157. The highest BCUT2D eigenvalue weighted by Crippen LogP contribution is 2.13. The van der Waals surface area contributed by atoms with Crippen molar-refractivity contribution in [3.63, 3.8) is 0 Å². The molecule has 0 bridgehead atoms. The molecule has 0 aliphatic rings. The Morgan fingerprint density at radius 3 is 2.70 bits per heavy atom. The van der Waals surface area contributed by atoms with Gasteiger partial charge in [-0.3, -0.25) is 14.7 Å². The predicted octanol–water partition coefficient (Wildman–Crippen LogP) is 3.58. The lowest BCUT2D eigenvalue weighted by Crippen LogP contribution is -2.22. The fraction of sp³-hybridized carbons (Fsp3) is 0.263. The average Bonchev–Trinajstić information content (AvgIpc) is 2.59. The number of aromatic nitrogens is 1. The van der Waals surface area contributed by atoms with Crippen LogP contribution >= 0.6 is 0 Å². The maximum Gasteiger partial charge on any atom is 0.248 e. The van der Waals surface area contributed by atoms with Crippen LogP contribution in [0.1, 0.15) is 25.1 Å². The third-order valence-electron chi connectivity index (χ3n) is 3.59. The maximum absolute atomic E-state index is 12.0. The van der Waals surface area contributed by atoms with Crippen LogP contribution < -0.4 is 5.32 Å². The van der Waals surface area contributed by atoms with Gasteiger partial charge in [-0.05, 0) is 49.0 Å². The predicted molar refractivity (Wildman–Crippen MR) is 95.0 cm³/mol. The molecule has 4 nitrogen and oxygen atoms in total. The number of pyridine rings is 1. The Kier molecular flexibility index (Phi) is 6.51. The standard InChI is InChI=1S/C19H23N3O/c1-3-22(4-2)15-16-8-7-10-18(14-16)21-19(23)12-11-17-9-5-6-13-20-17/h5-14H,3-4,15H2,1-2H3,(H,21,23)/b12-11+. The summed E-state index contributed by atoms with van der Waals surface area (Å²) in [5, 5.41) is 2.89. The summed E-state index contributed by atoms with van der Waals surface area (Å²) in [5.74, 6) is -0.157. The van der Waals surface area contributed by atoms with Crippen LogP contribution in [0.3, 0.4) is 0 Å². The molecule has 120 valence electrons. The topological polar surface area (TPSA) is 45.2 Å². The molecule has 2 rings (SSSR count). The lowest BCUT2D eigenvalue weighted by molar-refractivity contribution is -0.111. The molecule has 1 aromatic heterocycles. The van der Waals surface area contributed by atoms with Gasteiger partial charge < -0.3 is 5.32 Å². The number of amides is 1. The van der Waals surface area contributed by atoms with Gasteiger partial charge in [0.2, 0.25) is 5.91 Å². The fourth-order valence-electron chi connectivity index (χ4n) is 2.27. The molecule has 0 saturated carbocycles. The van der Waals surface area contributed by atoms with Gasteiger partial charge in [-0.25, -0.2) is 0 Å². The van der Waals surface area contributed by atoms with Crippen LogP contribution in [0.2, 0.25) is 0 Å². The second kappa shape index (κ2) is 8.86. The Bertz CT molecular complexity index is 649. The Morgan fingerprint density at radius 2 is 2.00 bits per heavy atom. The summed E-state index contributed by atoms with van der Waals surface area (Å²) >= 11 is 0. The Balaban J connectivity index is 1.97. The number of anilines is 1. The van der Waals surface area contributed by atoms with Crippen molar-refractivity contribution in [2.24, 2.45) is 0 Å². The van der Waals surface area contributed by atoms with E-state index in [4.69, 9.17) is 0 Å². The highest BCUT2D eigenvalue weighted by Gasteiger charge is 2.03. The van der Waals surface area contributed by atoms with Crippen molar-refractivity contribution in [3.05, 3.63) is 66.0 Å². The first-order valence-corrected chi connectivity index (χ1v) is 7.92. The van der Waals surface area contributed by atoms with Gasteiger partial charge in [0.15, 0.2) is 0 Å². The zero-order valence-corrected chi connectivity index (χ0v) is 13.7. The minimum Gasteiger partial charge on any atom is -0.323 e. The molecule has 0 unspecified atom stereocenters. The largest absolute Gasteiger partial charge is 0.323 e. The van der Waals surface area contributed by atoms with E-state index >= 15 is 0 Å². The summed E-state index contributed by atoms with van der Waals surface area (Å²) in [6.45, 7) is 7.22. The van der Waals surface area contributed by atoms with Crippen molar-refractivity contribution < 1.29 is 4.79 Å². The zero-order chi connectivity index (χ0) is 16.5. The Labute approximate surface area is 137 Å². The van der Waals surface area contributed by atoms with Gasteiger partial charge in [-0.1, -0.05) is 32.0 Å². The third-order valence-corrected chi connectivity index (χ3v) is 3.59. The van der Waals surface area contributed by atoms with Crippen molar-refractivity contribution in [1.29, 1.82) is 0 Å². The molecule has 1 aromatic carbocycles. The molecular formula is C19H23N3O. The second-order valence-electron chi connectivity index (χ2n) is 5.24. The van der Waals surface area contributed by atoms with E-state index < -0.39 is 0 Å². The van der Waals surface area contributed by atoms with Crippen LogP contribution in [0.5, 0.6) is 0 Å². The molecule has 1 heterocycles. The van der Waals surface area contributed by atoms with Gasteiger partial charge in [0.05, 0.1) is 5.69 Å². The molecule has 1 N–H and O–H groups in total. The number of hydrogen-bond donors (Lipinski definition) is 1. The summed E-state index contributed by atoms with van der Waals surface area (Å²) in [4.78, 5) is 18.5. The molecule has 2 aromatic rings. The molecule has 0 aliphatic carbocycles. The number of nitrogens with zero attached hydrogens (tertiary/aromatic N) is 2. The zero-order valence-electron chi connectivity index (χ0n) is 13.7. The van der Waals surface area contributed by atoms with Crippen LogP contribution in [-0.2, 0) is 11.3 Å². The lowest BCUT2D eigenvalue weighted by atomic mass is 10.2. The normalized spacial score (nSPS) is 11.1. The molecule has 0 fully saturated rings. The highest BCUT2D eigenvalue weighted by atomic mass is 16.1. The van der Waals surface area contributed by atoms with E-state index in [9.17, 15) is 4.79 Å². The van der Waals surface area contributed by atoms with Gasteiger partial charge in [0.1, 0.15) is 0 Å². The Hall–Kier alpha value is -2.46. The summed E-state index contributed by atoms with van der Waals surface area (Å²) in [7, 11) is 0. The molecule has 0 spiro atoms. The summed E-state index contributed by atoms with van der Waals surface area (Å²) < 4.78 is 0. The fourth-order valence-corrected chi connectivity index (χ4v) is 2.27. The van der Waals surface area contributed by atoms with Gasteiger partial charge in [-0.2, -0.15) is 0 Å². The van der Waals surface area contributed by atoms with E-state index in [1.165, 1.54) is 11.6 Å². The SMILES string of the molecule is CCN(CC)Cc1cccc(NC(=O)/C=C/c2ccccn2)c1. The second-order valence-corrected chi connectivity index (χ2v) is 5.24. The minimum atomic E-state index is -0.157. The van der Waals surface area contributed by atoms with Crippen molar-refractivity contribution in [3.8, 4) is 0 Å². The number of benzene rings is 1. The molecule has 0 saturated heterocycles. The number of hydrogen-bond acceptors (Lipinski definition) is 3. The number of nitrogens with one attached hydrogen (secondary N) is 1. The van der Waals surface area contributed by atoms with E-state index in [0.29, 0.717) is 0 Å². The Morgan fingerprint density at radius 1 is 1.17 bits per heavy atom. The molecule has 23 heavy (non-hydrogen) atoms. The van der Waals surface area contributed by atoms with E-state index in [2.05, 4.69) is 35.1 Å². The van der Waals surface area contributed by atoms with E-state index in [0.717, 1.165) is 31.0 Å². The summed E-state index contributed by atoms with van der Waals surface area (Å²) in [6.07, 6.45) is 4.91. The molecule has 0 atom stereocenters. The lowest BCUT2D eigenvalue weighted by Gasteiger charge is -2.18. The molecule has 4 heteroatoms. The van der Waals surface area contributed by atoms with Crippen LogP contribution in [-0.4, -0.2) is 28.9 Å². The first-order valence-electron chi connectivity index (χ1n) is 7.92. The van der Waals surface area contributed by atoms with Gasteiger partial charge in [0.25, 0.3) is 0 Å². The average molecular weight is 309 g/mol. The van der Waals surface area contributed by atoms with Crippen LogP contribution in [0.15, 0.2) is 54.7 Å². The van der Waals surface area contributed by atoms with Crippen molar-refractivity contribution in [2.75, 3.05) is 18.4 Å². The van der Waals surface area contributed by atoms with E-state index in [1.54, 1.807) is 12.3 Å². The first-order chi connectivity index (χ1) is 11.2. The van der Waals surface area contributed by atoms with Crippen LogP contribution in [0.4, 0.5) is 5.69 Å². The van der Waals surface area contributed by atoms with Crippen LogP contribution in [0.25, 0.3) is 6.08 Å². The number of rotatable bonds is 7. The molecular weight excluding hydrogens is 286 g/mol. The third kappa shape index (κ3) is 5.68. The van der Waals surface area contributed by atoms with E-state index in [1.807, 2.05) is 36.4 Å². The monoisotopic (exact) mass is 309 g/mol. The first kappa shape index (κ1) is 16.9. The van der Waals surface area contributed by atoms with Gasteiger partial charge in [-0.15, -0.1) is 0 Å². The van der Waals surface area contributed by atoms with Crippen molar-refractivity contribution in [1.82, 2.24) is 9.88 Å². The molecule has 0 radical (unpaired) electrons. The van der Waals surface area contributed by atoms with Gasteiger partial charge >= 0.3 is 0 Å². The molecule has 1 amide bonds. The van der Waals surface area contributed by atoms with Crippen molar-refractivity contribution >= 4 is 17.7 Å². The quantitative estimate of drug-likeness (QED) is 0.795. The van der Waals surface area contributed by atoms with Crippen molar-refractivity contribution in [2.45, 2.75) is 20.4 Å². The van der Waals surface area contributed by atoms with Gasteiger partial charge in [0, 0.05) is 24.5 Å². The number of carbonyl (C=O) groups is 1. The van der Waals surface area contributed by atoms with Crippen LogP contribution in [0, 0.1) is 0 Å². The molecule has 0 aliphatic heterocycles.